The number of anilines is 1. The zero-order chi connectivity index (χ0) is 22.0. The first kappa shape index (κ1) is 21.2. The quantitative estimate of drug-likeness (QED) is 0.563. The molecule has 0 aliphatic carbocycles. The van der Waals surface area contributed by atoms with Crippen molar-refractivity contribution >= 4 is 5.69 Å². The summed E-state index contributed by atoms with van der Waals surface area (Å²) in [6.07, 6.45) is -3.85. The van der Waals surface area contributed by atoms with Gasteiger partial charge in [0.2, 0.25) is 11.8 Å². The van der Waals surface area contributed by atoms with Crippen LogP contribution in [0.15, 0.2) is 52.9 Å². The number of benzene rings is 2. The summed E-state index contributed by atoms with van der Waals surface area (Å²) in [6, 6.07) is 14.0. The van der Waals surface area contributed by atoms with Gasteiger partial charge in [0.25, 0.3) is 0 Å². The molecule has 1 fully saturated rings. The van der Waals surface area contributed by atoms with E-state index in [1.165, 1.54) is 12.1 Å². The smallest absolute Gasteiger partial charge is 0.420 e. The van der Waals surface area contributed by atoms with Crippen LogP contribution < -0.4 is 9.64 Å². The monoisotopic (exact) mass is 432 g/mol. The Labute approximate surface area is 178 Å². The van der Waals surface area contributed by atoms with Crippen molar-refractivity contribution in [3.05, 3.63) is 60.0 Å². The normalized spacial score (nSPS) is 17.1. The Kier molecular flexibility index (Phi) is 5.86. The molecule has 1 aromatic heterocycles. The molecule has 2 heterocycles. The number of nitrogens with zero attached hydrogens (tertiary/aromatic N) is 4. The highest BCUT2D eigenvalue weighted by Crippen LogP contribution is 2.31. The van der Waals surface area contributed by atoms with Gasteiger partial charge in [-0.2, -0.15) is 0 Å². The van der Waals surface area contributed by atoms with Crippen LogP contribution >= 0.6 is 0 Å². The predicted octanol–water partition coefficient (Wildman–Crippen LogP) is 4.69. The van der Waals surface area contributed by atoms with Gasteiger partial charge in [0.05, 0.1) is 5.92 Å². The molecule has 0 spiro atoms. The van der Waals surface area contributed by atoms with E-state index in [9.17, 15) is 13.2 Å². The summed E-state index contributed by atoms with van der Waals surface area (Å²) in [6.45, 7) is 2.02. The molecule has 164 valence electrons. The number of rotatable bonds is 6. The number of aromatic nitrogens is 2. The van der Waals surface area contributed by atoms with E-state index in [0.717, 1.165) is 29.8 Å². The molecule has 3 aromatic rings. The minimum absolute atomic E-state index is 0.0944. The van der Waals surface area contributed by atoms with Crippen molar-refractivity contribution in [1.29, 1.82) is 0 Å². The first-order valence-corrected chi connectivity index (χ1v) is 9.95. The maximum Gasteiger partial charge on any atom is 0.573 e. The van der Waals surface area contributed by atoms with Gasteiger partial charge in [-0.1, -0.05) is 12.1 Å². The predicted molar refractivity (Wildman–Crippen MR) is 110 cm³/mol. The van der Waals surface area contributed by atoms with Gasteiger partial charge in [-0.25, -0.2) is 0 Å². The molecular weight excluding hydrogens is 409 g/mol. The highest BCUT2D eigenvalue weighted by Gasteiger charge is 2.31. The van der Waals surface area contributed by atoms with Crippen molar-refractivity contribution in [3.8, 4) is 17.2 Å². The Bertz CT molecular complexity index is 1020. The Morgan fingerprint density at radius 3 is 2.61 bits per heavy atom. The Balaban J connectivity index is 1.38. The maximum atomic E-state index is 12.4. The number of halogens is 3. The third-order valence-electron chi connectivity index (χ3n) is 5.23. The molecule has 1 aliphatic heterocycles. The van der Waals surface area contributed by atoms with Crippen LogP contribution in [0.5, 0.6) is 5.75 Å². The van der Waals surface area contributed by atoms with Crippen LogP contribution in [0.2, 0.25) is 0 Å². The van der Waals surface area contributed by atoms with Crippen LogP contribution in [0.4, 0.5) is 18.9 Å². The average Bonchev–Trinajstić information content (AvgIpc) is 3.36. The zero-order valence-electron chi connectivity index (χ0n) is 17.3. The largest absolute Gasteiger partial charge is 0.573 e. The number of hydrogen-bond acceptors (Lipinski definition) is 6. The molecule has 6 nitrogen and oxygen atoms in total. The SMILES string of the molecule is CN(C)c1ccc(-c2nnc([C@H]3CCN(Cc4cccc(OC(F)(F)F)c4)C3)o2)cc1. The van der Waals surface area contributed by atoms with Crippen LogP contribution in [0, 0.1) is 0 Å². The second-order valence-electron chi connectivity index (χ2n) is 7.80. The van der Waals surface area contributed by atoms with E-state index in [1.807, 2.05) is 43.3 Å². The van der Waals surface area contributed by atoms with Crippen molar-refractivity contribution in [2.75, 3.05) is 32.1 Å². The molecule has 0 bridgehead atoms. The topological polar surface area (TPSA) is 54.6 Å². The highest BCUT2D eigenvalue weighted by atomic mass is 19.4. The minimum Gasteiger partial charge on any atom is -0.420 e. The summed E-state index contributed by atoms with van der Waals surface area (Å²) in [5.74, 6) is 0.957. The fourth-order valence-electron chi connectivity index (χ4n) is 3.70. The van der Waals surface area contributed by atoms with Crippen molar-refractivity contribution < 1.29 is 22.3 Å². The lowest BCUT2D eigenvalue weighted by Gasteiger charge is -2.16. The molecule has 0 N–H and O–H groups in total. The number of likely N-dealkylation sites (tertiary alicyclic amines) is 1. The average molecular weight is 432 g/mol. The summed E-state index contributed by atoms with van der Waals surface area (Å²) in [4.78, 5) is 4.17. The van der Waals surface area contributed by atoms with Crippen molar-refractivity contribution in [2.24, 2.45) is 0 Å². The molecule has 0 unspecified atom stereocenters. The van der Waals surface area contributed by atoms with Gasteiger partial charge < -0.3 is 14.1 Å². The summed E-state index contributed by atoms with van der Waals surface area (Å²) in [7, 11) is 3.95. The zero-order valence-corrected chi connectivity index (χ0v) is 17.3. The number of ether oxygens (including phenoxy) is 1. The van der Waals surface area contributed by atoms with Gasteiger partial charge in [-0.05, 0) is 54.9 Å². The summed E-state index contributed by atoms with van der Waals surface area (Å²) in [5.41, 5.74) is 2.70. The van der Waals surface area contributed by atoms with Gasteiger partial charge in [-0.15, -0.1) is 23.4 Å². The summed E-state index contributed by atoms with van der Waals surface area (Å²) in [5, 5.41) is 8.42. The van der Waals surface area contributed by atoms with E-state index in [1.54, 1.807) is 12.1 Å². The summed E-state index contributed by atoms with van der Waals surface area (Å²) < 4.78 is 47.2. The summed E-state index contributed by atoms with van der Waals surface area (Å²) >= 11 is 0. The lowest BCUT2D eigenvalue weighted by atomic mass is 10.1. The molecule has 0 radical (unpaired) electrons. The third-order valence-corrected chi connectivity index (χ3v) is 5.23. The molecule has 9 heteroatoms. The van der Waals surface area contributed by atoms with Crippen molar-refractivity contribution in [2.45, 2.75) is 25.2 Å². The van der Waals surface area contributed by atoms with Crippen LogP contribution in [0.3, 0.4) is 0 Å². The first-order valence-electron chi connectivity index (χ1n) is 9.95. The van der Waals surface area contributed by atoms with E-state index in [0.29, 0.717) is 24.9 Å². The van der Waals surface area contributed by atoms with Gasteiger partial charge in [-0.3, -0.25) is 4.90 Å². The number of alkyl halides is 3. The van der Waals surface area contributed by atoms with Crippen LogP contribution in [0.1, 0.15) is 23.8 Å². The molecule has 2 aromatic carbocycles. The van der Waals surface area contributed by atoms with Gasteiger partial charge in [0.15, 0.2) is 0 Å². The fourth-order valence-corrected chi connectivity index (χ4v) is 3.70. The highest BCUT2D eigenvalue weighted by molar-refractivity contribution is 5.58. The lowest BCUT2D eigenvalue weighted by Crippen LogP contribution is -2.20. The van der Waals surface area contributed by atoms with Gasteiger partial charge in [0.1, 0.15) is 5.75 Å². The molecule has 1 saturated heterocycles. The lowest BCUT2D eigenvalue weighted by molar-refractivity contribution is -0.274. The molecule has 31 heavy (non-hydrogen) atoms. The van der Waals surface area contributed by atoms with E-state index in [2.05, 4.69) is 19.8 Å². The molecular formula is C22H23F3N4O2. The van der Waals surface area contributed by atoms with Crippen molar-refractivity contribution in [3.63, 3.8) is 0 Å². The molecule has 1 atom stereocenters. The minimum atomic E-state index is -4.69. The second-order valence-corrected chi connectivity index (χ2v) is 7.80. The number of hydrogen-bond donors (Lipinski definition) is 0. The van der Waals surface area contributed by atoms with Crippen molar-refractivity contribution in [1.82, 2.24) is 15.1 Å². The van der Waals surface area contributed by atoms with E-state index < -0.39 is 6.36 Å². The molecule has 4 rings (SSSR count). The fraction of sp³-hybridized carbons (Fsp3) is 0.364. The van der Waals surface area contributed by atoms with Crippen LogP contribution in [-0.2, 0) is 6.54 Å². The Morgan fingerprint density at radius 1 is 1.13 bits per heavy atom. The van der Waals surface area contributed by atoms with Crippen LogP contribution in [-0.4, -0.2) is 48.6 Å². The molecule has 0 saturated carbocycles. The Hall–Kier alpha value is -3.07. The van der Waals surface area contributed by atoms with Gasteiger partial charge in [0, 0.05) is 38.4 Å². The van der Waals surface area contributed by atoms with E-state index in [-0.39, 0.29) is 11.7 Å². The molecule has 1 aliphatic rings. The first-order chi connectivity index (χ1) is 14.8. The maximum absolute atomic E-state index is 12.4. The third kappa shape index (κ3) is 5.35. The van der Waals surface area contributed by atoms with E-state index in [4.69, 9.17) is 4.42 Å². The van der Waals surface area contributed by atoms with E-state index >= 15 is 0 Å². The van der Waals surface area contributed by atoms with Gasteiger partial charge >= 0.3 is 6.36 Å². The Morgan fingerprint density at radius 2 is 1.90 bits per heavy atom. The second kappa shape index (κ2) is 8.58. The van der Waals surface area contributed by atoms with Crippen LogP contribution in [0.25, 0.3) is 11.5 Å². The molecule has 0 amide bonds. The standard InChI is InChI=1S/C22H23F3N4O2/c1-28(2)18-8-6-16(7-9-18)20-26-27-21(30-20)17-10-11-29(14-17)13-15-4-3-5-19(12-15)31-22(23,24)25/h3-9,12,17H,10-11,13-14H2,1-2H3/t17-/m0/s1.